The van der Waals surface area contributed by atoms with Gasteiger partial charge in [-0.15, -0.1) is 11.3 Å². The van der Waals surface area contributed by atoms with E-state index < -0.39 is 0 Å². The summed E-state index contributed by atoms with van der Waals surface area (Å²) in [5.41, 5.74) is 2.85. The molecule has 0 unspecified atom stereocenters. The van der Waals surface area contributed by atoms with E-state index in [0.717, 1.165) is 42.6 Å². The number of nitrogens with zero attached hydrogens (tertiary/aromatic N) is 1. The van der Waals surface area contributed by atoms with Gasteiger partial charge in [-0.3, -0.25) is 4.79 Å². The van der Waals surface area contributed by atoms with E-state index in [1.807, 2.05) is 50.0 Å². The molecule has 3 rings (SSSR count). The number of hydrogen-bond donors (Lipinski definition) is 2. The smallest absolute Gasteiger partial charge is 0.251 e. The fraction of sp³-hybridized carbons (Fsp3) is 0.444. The van der Waals surface area contributed by atoms with Crippen LogP contribution in [0.25, 0.3) is 0 Å². The van der Waals surface area contributed by atoms with Gasteiger partial charge in [0.1, 0.15) is 4.34 Å². The lowest BCUT2D eigenvalue weighted by Gasteiger charge is -2.28. The SMILES string of the molecule is CNc1ccc(C(=O)NC2CCC(Sc3nc(C)cs3)CC2)cc1. The van der Waals surface area contributed by atoms with E-state index in [1.54, 1.807) is 11.3 Å². The van der Waals surface area contributed by atoms with Crippen molar-refractivity contribution in [1.82, 2.24) is 10.3 Å². The summed E-state index contributed by atoms with van der Waals surface area (Å²) < 4.78 is 1.17. The van der Waals surface area contributed by atoms with Gasteiger partial charge >= 0.3 is 0 Å². The summed E-state index contributed by atoms with van der Waals surface area (Å²) in [5, 5.41) is 8.97. The molecule has 1 fully saturated rings. The Balaban J connectivity index is 1.46. The maximum Gasteiger partial charge on any atom is 0.251 e. The van der Waals surface area contributed by atoms with Crippen molar-refractivity contribution in [2.24, 2.45) is 0 Å². The topological polar surface area (TPSA) is 54.0 Å². The quantitative estimate of drug-likeness (QED) is 0.832. The maximum absolute atomic E-state index is 12.3. The Bertz CT molecular complexity index is 676. The second kappa shape index (κ2) is 8.03. The van der Waals surface area contributed by atoms with E-state index in [4.69, 9.17) is 0 Å². The summed E-state index contributed by atoms with van der Waals surface area (Å²) >= 11 is 3.63. The molecule has 1 heterocycles. The van der Waals surface area contributed by atoms with Crippen molar-refractivity contribution in [3.8, 4) is 0 Å². The highest BCUT2D eigenvalue weighted by molar-refractivity contribution is 8.01. The van der Waals surface area contributed by atoms with E-state index in [-0.39, 0.29) is 11.9 Å². The van der Waals surface area contributed by atoms with E-state index in [1.165, 1.54) is 4.34 Å². The van der Waals surface area contributed by atoms with Gasteiger partial charge in [0.2, 0.25) is 0 Å². The van der Waals surface area contributed by atoms with Crippen LogP contribution in [0.3, 0.4) is 0 Å². The van der Waals surface area contributed by atoms with Crippen molar-refractivity contribution in [2.45, 2.75) is 48.2 Å². The maximum atomic E-state index is 12.3. The Labute approximate surface area is 151 Å². The lowest BCUT2D eigenvalue weighted by molar-refractivity contribution is 0.0928. The predicted octanol–water partition coefficient (Wildman–Crippen LogP) is 4.33. The van der Waals surface area contributed by atoms with Crippen LogP contribution in [-0.2, 0) is 0 Å². The molecular formula is C18H23N3OS2. The summed E-state index contributed by atoms with van der Waals surface area (Å²) in [6.07, 6.45) is 4.35. The second-order valence-electron chi connectivity index (χ2n) is 6.15. The Kier molecular flexibility index (Phi) is 5.79. The molecule has 0 saturated heterocycles. The number of rotatable bonds is 5. The molecule has 2 aromatic rings. The molecule has 128 valence electrons. The summed E-state index contributed by atoms with van der Waals surface area (Å²) in [4.78, 5) is 16.9. The minimum atomic E-state index is 0.0318. The van der Waals surface area contributed by atoms with Crippen LogP contribution in [-0.4, -0.2) is 29.2 Å². The third-order valence-corrected chi connectivity index (χ3v) is 6.74. The number of carbonyl (C=O) groups excluding carboxylic acids is 1. The van der Waals surface area contributed by atoms with Crippen molar-refractivity contribution in [1.29, 1.82) is 0 Å². The van der Waals surface area contributed by atoms with Crippen molar-refractivity contribution in [3.63, 3.8) is 0 Å². The minimum Gasteiger partial charge on any atom is -0.388 e. The molecule has 1 aliphatic rings. The summed E-state index contributed by atoms with van der Waals surface area (Å²) in [7, 11) is 1.87. The molecule has 1 aromatic carbocycles. The zero-order valence-electron chi connectivity index (χ0n) is 14.0. The average molecular weight is 362 g/mol. The van der Waals surface area contributed by atoms with Crippen molar-refractivity contribution in [3.05, 3.63) is 40.9 Å². The molecule has 0 aliphatic heterocycles. The first-order chi connectivity index (χ1) is 11.6. The molecule has 2 N–H and O–H groups in total. The Morgan fingerprint density at radius 2 is 1.92 bits per heavy atom. The van der Waals surface area contributed by atoms with Crippen molar-refractivity contribution >= 4 is 34.7 Å². The van der Waals surface area contributed by atoms with Crippen LogP contribution in [0.2, 0.25) is 0 Å². The molecule has 24 heavy (non-hydrogen) atoms. The minimum absolute atomic E-state index is 0.0318. The highest BCUT2D eigenvalue weighted by Crippen LogP contribution is 2.35. The van der Waals surface area contributed by atoms with Gasteiger partial charge in [0, 0.05) is 40.7 Å². The Morgan fingerprint density at radius 1 is 1.21 bits per heavy atom. The monoisotopic (exact) mass is 361 g/mol. The molecule has 6 heteroatoms. The third kappa shape index (κ3) is 4.51. The summed E-state index contributed by atoms with van der Waals surface area (Å²) in [6.45, 7) is 2.04. The van der Waals surface area contributed by atoms with Gasteiger partial charge in [-0.1, -0.05) is 11.8 Å². The first-order valence-electron chi connectivity index (χ1n) is 8.31. The molecular weight excluding hydrogens is 338 g/mol. The molecule has 0 spiro atoms. The van der Waals surface area contributed by atoms with Gasteiger partial charge < -0.3 is 10.6 Å². The number of aromatic nitrogens is 1. The van der Waals surface area contributed by atoms with Gasteiger partial charge in [-0.2, -0.15) is 0 Å². The normalized spacial score (nSPS) is 20.6. The molecule has 1 aromatic heterocycles. The first kappa shape index (κ1) is 17.3. The van der Waals surface area contributed by atoms with E-state index >= 15 is 0 Å². The highest BCUT2D eigenvalue weighted by Gasteiger charge is 2.24. The third-order valence-electron chi connectivity index (χ3n) is 4.31. The van der Waals surface area contributed by atoms with E-state index in [2.05, 4.69) is 21.0 Å². The van der Waals surface area contributed by atoms with E-state index in [0.29, 0.717) is 5.25 Å². The van der Waals surface area contributed by atoms with E-state index in [9.17, 15) is 4.79 Å². The van der Waals surface area contributed by atoms with Crippen molar-refractivity contribution < 1.29 is 4.79 Å². The van der Waals surface area contributed by atoms with Crippen LogP contribution >= 0.6 is 23.1 Å². The van der Waals surface area contributed by atoms with Gasteiger partial charge in [-0.05, 0) is 56.9 Å². The van der Waals surface area contributed by atoms with Crippen LogP contribution in [0, 0.1) is 6.92 Å². The highest BCUT2D eigenvalue weighted by atomic mass is 32.2. The second-order valence-corrected chi connectivity index (χ2v) is 8.55. The van der Waals surface area contributed by atoms with Gasteiger partial charge in [0.25, 0.3) is 5.91 Å². The standard InChI is InChI=1S/C18H23N3OS2/c1-12-11-23-18(20-12)24-16-9-7-15(8-10-16)21-17(22)13-3-5-14(19-2)6-4-13/h3-6,11,15-16,19H,7-10H2,1-2H3,(H,21,22). The molecule has 1 saturated carbocycles. The van der Waals surface area contributed by atoms with Gasteiger partial charge in [0.05, 0.1) is 0 Å². The number of benzene rings is 1. The number of thioether (sulfide) groups is 1. The van der Waals surface area contributed by atoms with Crippen LogP contribution in [0.15, 0.2) is 34.0 Å². The van der Waals surface area contributed by atoms with Gasteiger partial charge in [-0.25, -0.2) is 4.98 Å². The average Bonchev–Trinajstić information content (AvgIpc) is 3.01. The fourth-order valence-corrected chi connectivity index (χ4v) is 5.20. The number of amides is 1. The van der Waals surface area contributed by atoms with Crippen molar-refractivity contribution in [2.75, 3.05) is 12.4 Å². The molecule has 0 radical (unpaired) electrons. The van der Waals surface area contributed by atoms with Gasteiger partial charge in [0.15, 0.2) is 0 Å². The molecule has 0 bridgehead atoms. The number of anilines is 1. The predicted molar refractivity (Wildman–Crippen MR) is 102 cm³/mol. The zero-order chi connectivity index (χ0) is 16.9. The first-order valence-corrected chi connectivity index (χ1v) is 10.1. The van der Waals surface area contributed by atoms with Crippen LogP contribution in [0.5, 0.6) is 0 Å². The molecule has 4 nitrogen and oxygen atoms in total. The number of nitrogens with one attached hydrogen (secondary N) is 2. The summed E-state index contributed by atoms with van der Waals surface area (Å²) in [5.74, 6) is 0.0318. The zero-order valence-corrected chi connectivity index (χ0v) is 15.7. The number of aryl methyl sites for hydroxylation is 1. The number of thiazole rings is 1. The van der Waals surface area contributed by atoms with Crippen LogP contribution < -0.4 is 10.6 Å². The largest absolute Gasteiger partial charge is 0.388 e. The lowest BCUT2D eigenvalue weighted by Crippen LogP contribution is -2.38. The molecule has 1 amide bonds. The van der Waals surface area contributed by atoms with Crippen LogP contribution in [0.1, 0.15) is 41.7 Å². The number of hydrogen-bond acceptors (Lipinski definition) is 5. The Hall–Kier alpha value is -1.53. The van der Waals surface area contributed by atoms with Crippen LogP contribution in [0.4, 0.5) is 5.69 Å². The summed E-state index contributed by atoms with van der Waals surface area (Å²) in [6, 6.07) is 7.88. The fourth-order valence-electron chi connectivity index (χ4n) is 2.91. The molecule has 0 atom stereocenters. The lowest BCUT2D eigenvalue weighted by atomic mass is 9.94. The number of carbonyl (C=O) groups is 1. The Morgan fingerprint density at radius 3 is 2.50 bits per heavy atom. The molecule has 1 aliphatic carbocycles.